The van der Waals surface area contributed by atoms with Crippen molar-refractivity contribution < 1.29 is 35.7 Å². The Labute approximate surface area is 147 Å². The second-order valence-corrected chi connectivity index (χ2v) is 5.77. The Morgan fingerprint density at radius 2 is 2.05 bits per heavy atom. The first-order valence-electron chi connectivity index (χ1n) is 6.71. The predicted molar refractivity (Wildman–Crippen MR) is 81.8 cm³/mol. The number of rotatable bonds is 3. The minimum absolute atomic E-state index is 0. The van der Waals surface area contributed by atoms with E-state index in [1.807, 2.05) is 31.2 Å². The molecule has 0 spiro atoms. The van der Waals surface area contributed by atoms with Gasteiger partial charge in [-0.05, 0) is 31.2 Å². The Hall–Kier alpha value is -1.45. The van der Waals surface area contributed by atoms with Crippen LogP contribution < -0.4 is 10.1 Å². The number of nitrogens with one attached hydrogen (secondary N) is 1. The number of amides is 1. The van der Waals surface area contributed by atoms with E-state index in [-0.39, 0.29) is 38.1 Å². The number of ether oxygens (including phenoxy) is 1. The van der Waals surface area contributed by atoms with Crippen LogP contribution in [-0.2, 0) is 21.1 Å². The third-order valence-electron chi connectivity index (χ3n) is 3.22. The summed E-state index contributed by atoms with van der Waals surface area (Å²) in [6.45, 7) is 2.51. The van der Waals surface area contributed by atoms with Gasteiger partial charge in [-0.15, -0.1) is 0 Å². The molecular weight excluding hydrogens is 470 g/mol. The second kappa shape index (κ2) is 7.21. The summed E-state index contributed by atoms with van der Waals surface area (Å²) in [5.41, 5.74) is 1.45. The fourth-order valence-electron chi connectivity index (χ4n) is 2.28. The largest absolute Gasteiger partial charge is 0.508 e. The van der Waals surface area contributed by atoms with Crippen molar-refractivity contribution in [3.8, 4) is 11.5 Å². The summed E-state index contributed by atoms with van der Waals surface area (Å²) < 4.78 is 5.63. The standard InChI is InChI=1S/C16H15NO3S.W/c1-2-20-13-6-4-3-5-11(13)16-17-15(19)12-9-10(18)7-8-14(12)21-16;/h3-9,16,18H,2H2,1H3,(H,17,19);. The van der Waals surface area contributed by atoms with E-state index in [0.29, 0.717) is 12.2 Å². The number of phenols is 1. The first kappa shape index (κ1) is 16.9. The molecule has 0 aliphatic carbocycles. The van der Waals surface area contributed by atoms with Gasteiger partial charge in [-0.1, -0.05) is 30.0 Å². The van der Waals surface area contributed by atoms with E-state index in [1.165, 1.54) is 17.8 Å². The van der Waals surface area contributed by atoms with Crippen molar-refractivity contribution in [2.75, 3.05) is 6.61 Å². The maximum atomic E-state index is 12.2. The predicted octanol–water partition coefficient (Wildman–Crippen LogP) is 3.32. The van der Waals surface area contributed by atoms with Gasteiger partial charge in [-0.3, -0.25) is 4.79 Å². The van der Waals surface area contributed by atoms with Gasteiger partial charge in [0.2, 0.25) is 0 Å². The number of para-hydroxylation sites is 1. The van der Waals surface area contributed by atoms with Crippen molar-refractivity contribution in [2.45, 2.75) is 17.2 Å². The third kappa shape index (κ3) is 3.31. The number of fused-ring (bicyclic) bond motifs is 1. The molecule has 4 nitrogen and oxygen atoms in total. The summed E-state index contributed by atoms with van der Waals surface area (Å²) in [6.07, 6.45) is 0. The molecule has 1 heterocycles. The average Bonchev–Trinajstić information content (AvgIpc) is 2.49. The summed E-state index contributed by atoms with van der Waals surface area (Å²) in [4.78, 5) is 13.1. The maximum absolute atomic E-state index is 12.2. The number of phenolic OH excluding ortho intramolecular Hbond substituents is 1. The molecule has 0 saturated heterocycles. The van der Waals surface area contributed by atoms with Crippen LogP contribution in [0.15, 0.2) is 47.4 Å². The minimum Gasteiger partial charge on any atom is -0.508 e. The van der Waals surface area contributed by atoms with Crippen LogP contribution in [-0.4, -0.2) is 17.6 Å². The molecule has 2 N–H and O–H groups in total. The van der Waals surface area contributed by atoms with Crippen LogP contribution in [0.2, 0.25) is 0 Å². The van der Waals surface area contributed by atoms with Crippen LogP contribution in [0.4, 0.5) is 0 Å². The Morgan fingerprint density at radius 1 is 1.27 bits per heavy atom. The molecule has 0 bridgehead atoms. The average molecular weight is 485 g/mol. The molecule has 0 fully saturated rings. The van der Waals surface area contributed by atoms with E-state index in [1.54, 1.807) is 12.1 Å². The number of hydrogen-bond donors (Lipinski definition) is 2. The Bertz CT molecular complexity index is 693. The van der Waals surface area contributed by atoms with Crippen molar-refractivity contribution in [2.24, 2.45) is 0 Å². The fourth-order valence-corrected chi connectivity index (χ4v) is 3.44. The molecule has 1 aliphatic heterocycles. The third-order valence-corrected chi connectivity index (χ3v) is 4.43. The number of thioether (sulfide) groups is 1. The van der Waals surface area contributed by atoms with Gasteiger partial charge in [0.25, 0.3) is 5.91 Å². The number of hydrogen-bond acceptors (Lipinski definition) is 4. The zero-order chi connectivity index (χ0) is 14.8. The topological polar surface area (TPSA) is 58.6 Å². The quantitative estimate of drug-likeness (QED) is 0.701. The van der Waals surface area contributed by atoms with Gasteiger partial charge in [0, 0.05) is 31.5 Å². The summed E-state index contributed by atoms with van der Waals surface area (Å²) in [6, 6.07) is 12.5. The van der Waals surface area contributed by atoms with Gasteiger partial charge < -0.3 is 15.2 Å². The SMILES string of the molecule is CCOc1ccccc1C1NC(=O)c2cc(O)ccc2S1.[W]. The van der Waals surface area contributed by atoms with Crippen LogP contribution in [0.1, 0.15) is 28.2 Å². The van der Waals surface area contributed by atoms with Crippen LogP contribution in [0.5, 0.6) is 11.5 Å². The molecule has 1 amide bonds. The van der Waals surface area contributed by atoms with Crippen LogP contribution in [0, 0.1) is 0 Å². The molecule has 1 aliphatic rings. The van der Waals surface area contributed by atoms with Gasteiger partial charge in [0.1, 0.15) is 16.9 Å². The summed E-state index contributed by atoms with van der Waals surface area (Å²) >= 11 is 1.54. The zero-order valence-electron chi connectivity index (χ0n) is 11.9. The molecule has 6 heteroatoms. The molecular formula is C16H15NO3SW. The van der Waals surface area contributed by atoms with E-state index < -0.39 is 0 Å². The number of carbonyl (C=O) groups is 1. The van der Waals surface area contributed by atoms with Crippen molar-refractivity contribution >= 4 is 17.7 Å². The van der Waals surface area contributed by atoms with E-state index in [2.05, 4.69) is 5.32 Å². The Kier molecular flexibility index (Phi) is 5.54. The molecule has 114 valence electrons. The van der Waals surface area contributed by atoms with Crippen LogP contribution in [0.25, 0.3) is 0 Å². The normalized spacial score (nSPS) is 16.2. The van der Waals surface area contributed by atoms with E-state index in [0.717, 1.165) is 16.2 Å². The number of carbonyl (C=O) groups excluding carboxylic acids is 1. The molecule has 0 radical (unpaired) electrons. The summed E-state index contributed by atoms with van der Waals surface area (Å²) in [5.74, 6) is 0.689. The molecule has 22 heavy (non-hydrogen) atoms. The van der Waals surface area contributed by atoms with E-state index >= 15 is 0 Å². The fraction of sp³-hybridized carbons (Fsp3) is 0.188. The van der Waals surface area contributed by atoms with Crippen molar-refractivity contribution in [3.05, 3.63) is 53.6 Å². The molecule has 0 aromatic heterocycles. The first-order valence-corrected chi connectivity index (χ1v) is 7.59. The maximum Gasteiger partial charge on any atom is 0.253 e. The van der Waals surface area contributed by atoms with Gasteiger partial charge in [0.15, 0.2) is 0 Å². The minimum atomic E-state index is -0.197. The van der Waals surface area contributed by atoms with Gasteiger partial charge in [-0.25, -0.2) is 0 Å². The van der Waals surface area contributed by atoms with Crippen LogP contribution >= 0.6 is 11.8 Å². The van der Waals surface area contributed by atoms with Crippen molar-refractivity contribution in [1.82, 2.24) is 5.32 Å². The van der Waals surface area contributed by atoms with Gasteiger partial charge in [0.05, 0.1) is 12.2 Å². The monoisotopic (exact) mass is 485 g/mol. The van der Waals surface area contributed by atoms with E-state index in [4.69, 9.17) is 4.74 Å². The molecule has 2 aromatic rings. The van der Waals surface area contributed by atoms with Crippen molar-refractivity contribution in [1.29, 1.82) is 0 Å². The second-order valence-electron chi connectivity index (χ2n) is 4.62. The van der Waals surface area contributed by atoms with Gasteiger partial charge in [-0.2, -0.15) is 0 Å². The Morgan fingerprint density at radius 3 is 2.82 bits per heavy atom. The van der Waals surface area contributed by atoms with Crippen molar-refractivity contribution in [3.63, 3.8) is 0 Å². The van der Waals surface area contributed by atoms with E-state index in [9.17, 15) is 9.90 Å². The number of benzene rings is 2. The zero-order valence-corrected chi connectivity index (χ0v) is 15.7. The first-order chi connectivity index (χ1) is 10.2. The summed E-state index contributed by atoms with van der Waals surface area (Å²) in [5, 5.41) is 12.2. The molecule has 3 rings (SSSR count). The molecule has 0 saturated carbocycles. The van der Waals surface area contributed by atoms with Gasteiger partial charge >= 0.3 is 0 Å². The van der Waals surface area contributed by atoms with Crippen LogP contribution in [0.3, 0.4) is 0 Å². The number of aromatic hydroxyl groups is 1. The Balaban J connectivity index is 0.00000176. The molecule has 2 aromatic carbocycles. The smallest absolute Gasteiger partial charge is 0.253 e. The molecule has 1 atom stereocenters. The molecule has 1 unspecified atom stereocenters. The summed E-state index contributed by atoms with van der Waals surface area (Å²) in [7, 11) is 0.